The van der Waals surface area contributed by atoms with Crippen molar-refractivity contribution in [2.45, 2.75) is 32.4 Å². The number of likely N-dealkylation sites (tertiary alicyclic amines) is 1. The fourth-order valence-electron chi connectivity index (χ4n) is 3.96. The first-order valence-electron chi connectivity index (χ1n) is 11.0. The zero-order valence-corrected chi connectivity index (χ0v) is 17.8. The van der Waals surface area contributed by atoms with E-state index in [1.807, 2.05) is 12.1 Å². The minimum Gasteiger partial charge on any atom is -0.486 e. The summed E-state index contributed by atoms with van der Waals surface area (Å²) in [7, 11) is 0. The SMILES string of the molecule is O=C(Nc1ccc(CN2CCCCC2)cc1)c1ccc(COc2ccc3c(c2)OCO3)o1. The number of furan rings is 1. The molecule has 1 amide bonds. The van der Waals surface area contributed by atoms with E-state index < -0.39 is 0 Å². The minimum atomic E-state index is -0.289. The van der Waals surface area contributed by atoms with E-state index in [-0.39, 0.29) is 25.1 Å². The lowest BCUT2D eigenvalue weighted by atomic mass is 10.1. The van der Waals surface area contributed by atoms with Crippen molar-refractivity contribution in [3.8, 4) is 17.2 Å². The van der Waals surface area contributed by atoms with E-state index in [4.69, 9.17) is 18.6 Å². The number of carbonyl (C=O) groups is 1. The highest BCUT2D eigenvalue weighted by molar-refractivity contribution is 6.02. The van der Waals surface area contributed by atoms with Gasteiger partial charge in [-0.15, -0.1) is 0 Å². The summed E-state index contributed by atoms with van der Waals surface area (Å²) in [4.78, 5) is 15.0. The molecule has 32 heavy (non-hydrogen) atoms. The van der Waals surface area contributed by atoms with Gasteiger partial charge >= 0.3 is 0 Å². The van der Waals surface area contributed by atoms with E-state index in [9.17, 15) is 4.79 Å². The minimum absolute atomic E-state index is 0.206. The summed E-state index contributed by atoms with van der Waals surface area (Å²) in [5.41, 5.74) is 2.00. The fraction of sp³-hybridized carbons (Fsp3) is 0.320. The van der Waals surface area contributed by atoms with Crippen molar-refractivity contribution in [3.63, 3.8) is 0 Å². The number of rotatable bonds is 7. The Hall–Kier alpha value is -3.45. The van der Waals surface area contributed by atoms with Gasteiger partial charge in [0.25, 0.3) is 5.91 Å². The predicted molar refractivity (Wildman–Crippen MR) is 119 cm³/mol. The van der Waals surface area contributed by atoms with Gasteiger partial charge in [0.15, 0.2) is 17.3 Å². The third kappa shape index (κ3) is 4.89. The van der Waals surface area contributed by atoms with Gasteiger partial charge in [-0.25, -0.2) is 0 Å². The molecule has 0 aliphatic carbocycles. The fourth-order valence-corrected chi connectivity index (χ4v) is 3.96. The number of hydrogen-bond acceptors (Lipinski definition) is 6. The Kier molecular flexibility index (Phi) is 5.98. The van der Waals surface area contributed by atoms with Gasteiger partial charge in [0, 0.05) is 18.3 Å². The number of amides is 1. The molecular weight excluding hydrogens is 408 g/mol. The molecule has 1 fully saturated rings. The van der Waals surface area contributed by atoms with Gasteiger partial charge < -0.3 is 23.9 Å². The smallest absolute Gasteiger partial charge is 0.291 e. The number of ether oxygens (including phenoxy) is 3. The number of nitrogens with zero attached hydrogens (tertiary/aromatic N) is 1. The molecule has 2 aliphatic rings. The molecule has 1 saturated heterocycles. The Balaban J connectivity index is 1.13. The maximum atomic E-state index is 12.5. The molecule has 1 N–H and O–H groups in total. The largest absolute Gasteiger partial charge is 0.486 e. The summed E-state index contributed by atoms with van der Waals surface area (Å²) < 4.78 is 22.0. The van der Waals surface area contributed by atoms with Crippen LogP contribution < -0.4 is 19.5 Å². The van der Waals surface area contributed by atoms with E-state index in [2.05, 4.69) is 22.3 Å². The summed E-state index contributed by atoms with van der Waals surface area (Å²) in [5.74, 6) is 2.51. The van der Waals surface area contributed by atoms with E-state index in [1.165, 1.54) is 24.8 Å². The molecule has 166 valence electrons. The number of fused-ring (bicyclic) bond motifs is 1. The van der Waals surface area contributed by atoms with Crippen LogP contribution in [0.4, 0.5) is 5.69 Å². The lowest BCUT2D eigenvalue weighted by molar-refractivity contribution is 0.0992. The normalized spacial score (nSPS) is 15.5. The Morgan fingerprint density at radius 3 is 2.59 bits per heavy atom. The Labute approximate surface area is 186 Å². The molecule has 0 saturated carbocycles. The second-order valence-corrected chi connectivity index (χ2v) is 8.06. The van der Waals surface area contributed by atoms with Crippen LogP contribution in [0.1, 0.15) is 41.1 Å². The number of hydrogen-bond donors (Lipinski definition) is 1. The van der Waals surface area contributed by atoms with Gasteiger partial charge in [-0.2, -0.15) is 0 Å². The van der Waals surface area contributed by atoms with Crippen LogP contribution in [-0.4, -0.2) is 30.7 Å². The Morgan fingerprint density at radius 1 is 0.938 bits per heavy atom. The van der Waals surface area contributed by atoms with Crippen LogP contribution in [0.15, 0.2) is 59.0 Å². The molecular formula is C25H26N2O5. The van der Waals surface area contributed by atoms with Crippen molar-refractivity contribution >= 4 is 11.6 Å². The molecule has 0 radical (unpaired) electrons. The zero-order chi connectivity index (χ0) is 21.8. The Bertz CT molecular complexity index is 1070. The molecule has 7 heteroatoms. The van der Waals surface area contributed by atoms with E-state index in [0.717, 1.165) is 25.3 Å². The van der Waals surface area contributed by atoms with Gasteiger partial charge in [0.05, 0.1) is 0 Å². The first-order valence-corrected chi connectivity index (χ1v) is 11.0. The van der Waals surface area contributed by atoms with Crippen LogP contribution >= 0.6 is 0 Å². The number of benzene rings is 2. The van der Waals surface area contributed by atoms with Crippen molar-refractivity contribution < 1.29 is 23.4 Å². The summed E-state index contributed by atoms with van der Waals surface area (Å²) in [6.45, 7) is 3.71. The first kappa shape index (κ1) is 20.5. The van der Waals surface area contributed by atoms with Crippen molar-refractivity contribution in [2.24, 2.45) is 0 Å². The molecule has 0 atom stereocenters. The predicted octanol–water partition coefficient (Wildman–Crippen LogP) is 4.83. The molecule has 2 aliphatic heterocycles. The molecule has 2 aromatic carbocycles. The van der Waals surface area contributed by atoms with Crippen molar-refractivity contribution in [1.82, 2.24) is 4.90 Å². The molecule has 1 aromatic heterocycles. The summed E-state index contributed by atoms with van der Waals surface area (Å²) in [6.07, 6.45) is 3.89. The van der Waals surface area contributed by atoms with Crippen molar-refractivity contribution in [1.29, 1.82) is 0 Å². The molecule has 0 unspecified atom stereocenters. The average Bonchev–Trinajstić information content (AvgIpc) is 3.49. The van der Waals surface area contributed by atoms with Crippen LogP contribution in [0.2, 0.25) is 0 Å². The molecule has 0 bridgehead atoms. The molecule has 0 spiro atoms. The first-order chi connectivity index (χ1) is 15.7. The van der Waals surface area contributed by atoms with Crippen LogP contribution in [0.5, 0.6) is 17.2 Å². The van der Waals surface area contributed by atoms with E-state index in [0.29, 0.717) is 23.0 Å². The van der Waals surface area contributed by atoms with Crippen molar-refractivity contribution in [3.05, 3.63) is 71.7 Å². The molecule has 3 aromatic rings. The van der Waals surface area contributed by atoms with E-state index in [1.54, 1.807) is 30.3 Å². The maximum absolute atomic E-state index is 12.5. The van der Waals surface area contributed by atoms with Crippen LogP contribution in [0.3, 0.4) is 0 Å². The number of carbonyl (C=O) groups excluding carboxylic acids is 1. The lowest BCUT2D eigenvalue weighted by Crippen LogP contribution is -2.29. The van der Waals surface area contributed by atoms with Crippen LogP contribution in [0.25, 0.3) is 0 Å². The van der Waals surface area contributed by atoms with Crippen LogP contribution in [-0.2, 0) is 13.2 Å². The highest BCUT2D eigenvalue weighted by Crippen LogP contribution is 2.35. The molecule has 5 rings (SSSR count). The monoisotopic (exact) mass is 434 g/mol. The third-order valence-corrected chi connectivity index (χ3v) is 5.68. The van der Waals surface area contributed by atoms with Gasteiger partial charge in [0.2, 0.25) is 6.79 Å². The summed E-state index contributed by atoms with van der Waals surface area (Å²) in [5, 5.41) is 2.89. The quantitative estimate of drug-likeness (QED) is 0.575. The molecule has 7 nitrogen and oxygen atoms in total. The standard InChI is InChI=1S/C25H26N2O5/c28-25(26-19-6-4-18(5-7-19)15-27-12-2-1-3-13-27)23-11-9-21(32-23)16-29-20-8-10-22-24(14-20)31-17-30-22/h4-11,14H,1-3,12-13,15-17H2,(H,26,28). The van der Waals surface area contributed by atoms with Gasteiger partial charge in [-0.1, -0.05) is 18.6 Å². The van der Waals surface area contributed by atoms with Crippen molar-refractivity contribution in [2.75, 3.05) is 25.2 Å². The number of piperidine rings is 1. The third-order valence-electron chi connectivity index (χ3n) is 5.68. The highest BCUT2D eigenvalue weighted by Gasteiger charge is 2.15. The summed E-state index contributed by atoms with van der Waals surface area (Å²) in [6, 6.07) is 16.8. The average molecular weight is 434 g/mol. The van der Waals surface area contributed by atoms with Gasteiger partial charge in [-0.3, -0.25) is 9.69 Å². The van der Waals surface area contributed by atoms with E-state index >= 15 is 0 Å². The maximum Gasteiger partial charge on any atom is 0.291 e. The highest BCUT2D eigenvalue weighted by atomic mass is 16.7. The number of anilines is 1. The van der Waals surface area contributed by atoms with Gasteiger partial charge in [0.1, 0.15) is 18.1 Å². The van der Waals surface area contributed by atoms with Gasteiger partial charge in [-0.05, 0) is 67.9 Å². The lowest BCUT2D eigenvalue weighted by Gasteiger charge is -2.26. The number of nitrogens with one attached hydrogen (secondary N) is 1. The Morgan fingerprint density at radius 2 is 1.75 bits per heavy atom. The topological polar surface area (TPSA) is 73.2 Å². The van der Waals surface area contributed by atoms with Crippen LogP contribution in [0, 0.1) is 0 Å². The second kappa shape index (κ2) is 9.36. The molecule has 3 heterocycles. The summed E-state index contributed by atoms with van der Waals surface area (Å²) >= 11 is 0. The second-order valence-electron chi connectivity index (χ2n) is 8.06. The zero-order valence-electron chi connectivity index (χ0n) is 17.8.